The lowest BCUT2D eigenvalue weighted by Crippen LogP contribution is -2.51. The summed E-state index contributed by atoms with van der Waals surface area (Å²) in [5, 5.41) is 0. The van der Waals surface area contributed by atoms with E-state index < -0.39 is 16.6 Å². The minimum Gasteiger partial charge on any atom is -0.412 e. The summed E-state index contributed by atoms with van der Waals surface area (Å²) in [6.07, 6.45) is 6.95. The molecule has 8 fully saturated rings. The van der Waals surface area contributed by atoms with Gasteiger partial charge in [0.2, 0.25) is 16.6 Å². The molecule has 0 spiro atoms. The first-order valence-electron chi connectivity index (χ1n) is 16.9. The monoisotopic (exact) mass is 556 g/mol. The van der Waals surface area contributed by atoms with Crippen molar-refractivity contribution in [2.24, 2.45) is 47.3 Å². The van der Waals surface area contributed by atoms with Gasteiger partial charge in [-0.2, -0.15) is 0 Å². The highest BCUT2D eigenvalue weighted by atomic mass is 28.4. The second kappa shape index (κ2) is 9.30. The molecule has 0 radical (unpaired) electrons. The van der Waals surface area contributed by atoms with Crippen LogP contribution in [0.25, 0.3) is 0 Å². The van der Waals surface area contributed by atoms with E-state index in [0.29, 0.717) is 45.5 Å². The molecule has 0 N–H and O–H groups in total. The van der Waals surface area contributed by atoms with E-state index in [-0.39, 0.29) is 0 Å². The third-order valence-corrected chi connectivity index (χ3v) is 26.0. The molecule has 0 heterocycles. The summed E-state index contributed by atoms with van der Waals surface area (Å²) in [4.78, 5) is 0. The van der Waals surface area contributed by atoms with Gasteiger partial charge in [0.15, 0.2) is 0 Å². The van der Waals surface area contributed by atoms with Gasteiger partial charge >= 0.3 is 0 Å². The molecule has 38 heavy (non-hydrogen) atoms. The maximum Gasteiger partial charge on any atom is 0.200 e. The zero-order valence-electron chi connectivity index (χ0n) is 26.9. The van der Waals surface area contributed by atoms with Gasteiger partial charge in [0.25, 0.3) is 0 Å². The molecule has 0 aromatic heterocycles. The minimum atomic E-state index is -1.86. The van der Waals surface area contributed by atoms with E-state index >= 15 is 0 Å². The average molecular weight is 557 g/mol. The van der Waals surface area contributed by atoms with Crippen LogP contribution in [-0.2, 0) is 8.85 Å². The van der Waals surface area contributed by atoms with E-state index in [4.69, 9.17) is 8.85 Å². The van der Waals surface area contributed by atoms with Crippen LogP contribution in [0.2, 0.25) is 33.2 Å². The summed E-state index contributed by atoms with van der Waals surface area (Å²) in [6.45, 7) is 29.7. The van der Waals surface area contributed by atoms with Crippen molar-refractivity contribution in [2.45, 2.75) is 154 Å². The molecular formula is C34H60O2Si2. The van der Waals surface area contributed by atoms with Crippen molar-refractivity contribution in [3.63, 3.8) is 0 Å². The average Bonchev–Trinajstić information content (AvgIpc) is 3.65. The Morgan fingerprint density at radius 2 is 0.763 bits per heavy atom. The molecule has 8 aliphatic carbocycles. The van der Waals surface area contributed by atoms with Gasteiger partial charge in [-0.3, -0.25) is 0 Å². The van der Waals surface area contributed by atoms with Gasteiger partial charge in [-0.1, -0.05) is 94.2 Å². The number of hydrogen-bond donors (Lipinski definition) is 0. The second-order valence-electron chi connectivity index (χ2n) is 16.8. The van der Waals surface area contributed by atoms with Crippen LogP contribution in [-0.4, -0.2) is 28.8 Å². The van der Waals surface area contributed by atoms with Crippen molar-refractivity contribution in [2.75, 3.05) is 0 Å². The second-order valence-corrected chi connectivity index (χ2v) is 27.6. The molecule has 8 rings (SSSR count). The first-order chi connectivity index (χ1) is 17.8. The van der Waals surface area contributed by atoms with E-state index in [2.05, 4.69) is 83.1 Å². The number of rotatable bonds is 10. The lowest BCUT2D eigenvalue weighted by molar-refractivity contribution is 0.106. The third kappa shape index (κ3) is 3.41. The normalized spacial score (nSPS) is 43.1. The van der Waals surface area contributed by atoms with E-state index in [1.807, 2.05) is 11.1 Å². The van der Waals surface area contributed by atoms with Crippen LogP contribution in [0.5, 0.6) is 0 Å². The van der Waals surface area contributed by atoms with Crippen LogP contribution >= 0.6 is 0 Å². The largest absolute Gasteiger partial charge is 0.412 e. The molecule has 8 aliphatic rings. The Labute approximate surface area is 237 Å². The highest BCUT2D eigenvalue weighted by Crippen LogP contribution is 2.75. The predicted molar refractivity (Wildman–Crippen MR) is 165 cm³/mol. The summed E-state index contributed by atoms with van der Waals surface area (Å²) < 4.78 is 15.3. The minimum absolute atomic E-state index is 0.534. The van der Waals surface area contributed by atoms with Crippen molar-refractivity contribution in [1.82, 2.24) is 0 Å². The fourth-order valence-electron chi connectivity index (χ4n) is 13.1. The Morgan fingerprint density at radius 3 is 1.03 bits per heavy atom. The molecule has 2 nitrogen and oxygen atoms in total. The Bertz CT molecular complexity index is 844. The van der Waals surface area contributed by atoms with Crippen LogP contribution in [0, 0.1) is 47.3 Å². The summed E-state index contributed by atoms with van der Waals surface area (Å²) in [7, 11) is -3.72. The molecule has 0 saturated heterocycles. The van der Waals surface area contributed by atoms with E-state index in [1.54, 1.807) is 0 Å². The van der Waals surface area contributed by atoms with E-state index in [0.717, 1.165) is 47.3 Å². The van der Waals surface area contributed by atoms with Crippen LogP contribution < -0.4 is 0 Å². The predicted octanol–water partition coefficient (Wildman–Crippen LogP) is 9.98. The van der Waals surface area contributed by atoms with Gasteiger partial charge in [0.05, 0.1) is 12.2 Å². The van der Waals surface area contributed by atoms with Crippen molar-refractivity contribution in [3.05, 3.63) is 11.1 Å². The van der Waals surface area contributed by atoms with Gasteiger partial charge in [-0.25, -0.2) is 0 Å². The van der Waals surface area contributed by atoms with Crippen LogP contribution in [0.4, 0.5) is 0 Å². The van der Waals surface area contributed by atoms with Crippen molar-refractivity contribution < 1.29 is 8.85 Å². The van der Waals surface area contributed by atoms with Crippen LogP contribution in [0.1, 0.15) is 109 Å². The van der Waals surface area contributed by atoms with E-state index in [1.165, 1.54) is 25.7 Å². The standard InChI is InChI=1S/C34H60O2Si2/c1-17(2)37(18(3)4,19(5)6)35-33-27-15-23-13-25(27)31(29(23)33)32-26-14-24-16-28(26)34(30(24)32)36-38(20(7)8,21(9)10)22(11)12/h17-30,33-34H,13-16H2,1-12H3/b32-31+/t23-,24+,25+,26-,27-,28+,29+,30-,33-,34-/m0/s1. The van der Waals surface area contributed by atoms with Gasteiger partial charge in [0, 0.05) is 11.8 Å². The van der Waals surface area contributed by atoms with Crippen molar-refractivity contribution >= 4 is 16.6 Å². The smallest absolute Gasteiger partial charge is 0.200 e. The first kappa shape index (κ1) is 28.2. The van der Waals surface area contributed by atoms with Crippen LogP contribution in [0.15, 0.2) is 11.1 Å². The molecule has 0 amide bonds. The van der Waals surface area contributed by atoms with Gasteiger partial charge in [-0.05, 0) is 94.4 Å². The van der Waals surface area contributed by atoms with Crippen molar-refractivity contribution in [1.29, 1.82) is 0 Å². The lowest BCUT2D eigenvalue weighted by atomic mass is 9.83. The maximum atomic E-state index is 7.67. The Balaban J connectivity index is 1.34. The Morgan fingerprint density at radius 1 is 0.474 bits per heavy atom. The highest BCUT2D eigenvalue weighted by molar-refractivity contribution is 6.78. The van der Waals surface area contributed by atoms with E-state index in [9.17, 15) is 0 Å². The summed E-state index contributed by atoms with van der Waals surface area (Å²) in [6, 6.07) is 0. The molecule has 0 aliphatic heterocycles. The molecule has 0 unspecified atom stereocenters. The van der Waals surface area contributed by atoms with Crippen LogP contribution in [0.3, 0.4) is 0 Å². The molecule has 8 bridgehead atoms. The molecule has 216 valence electrons. The maximum absolute atomic E-state index is 7.67. The fraction of sp³-hybridized carbons (Fsp3) is 0.941. The summed E-state index contributed by atoms with van der Waals surface area (Å²) >= 11 is 0. The molecule has 8 saturated carbocycles. The molecular weight excluding hydrogens is 497 g/mol. The summed E-state index contributed by atoms with van der Waals surface area (Å²) in [5.41, 5.74) is 8.07. The first-order valence-corrected chi connectivity index (χ1v) is 21.2. The quantitative estimate of drug-likeness (QED) is 0.197. The Hall–Kier alpha value is 0.0938. The van der Waals surface area contributed by atoms with Crippen molar-refractivity contribution in [3.8, 4) is 0 Å². The topological polar surface area (TPSA) is 18.5 Å². The lowest BCUT2D eigenvalue weighted by Gasteiger charge is -2.45. The molecule has 0 aromatic carbocycles. The SMILES string of the molecule is CC(C)[Si](O[C@H]1[C@@H]2C[C@H]3C[C@@H]2/C(=C2\[C@H]4[C@@H]5C[C@H]([C@@H]4O[Si](C(C)C)(C(C)C)C(C)C)[C@H]2C5)[C@H]31)(C(C)C)C(C)C. The molecule has 0 aromatic rings. The zero-order chi connectivity index (χ0) is 27.6. The Kier molecular flexibility index (Phi) is 6.91. The molecule has 10 atom stereocenters. The fourth-order valence-corrected chi connectivity index (χ4v) is 24.3. The zero-order valence-corrected chi connectivity index (χ0v) is 28.9. The van der Waals surface area contributed by atoms with Gasteiger partial charge in [0.1, 0.15) is 0 Å². The summed E-state index contributed by atoms with van der Waals surface area (Å²) in [5.74, 6) is 6.70. The van der Waals surface area contributed by atoms with Gasteiger partial charge < -0.3 is 8.85 Å². The number of hydrogen-bond acceptors (Lipinski definition) is 2. The third-order valence-electron chi connectivity index (χ3n) is 13.8. The highest BCUT2D eigenvalue weighted by Gasteiger charge is 2.71. The molecule has 4 heteroatoms. The van der Waals surface area contributed by atoms with Gasteiger partial charge in [-0.15, -0.1) is 0 Å².